The summed E-state index contributed by atoms with van der Waals surface area (Å²) in [5.74, 6) is 1.21. The van der Waals surface area contributed by atoms with E-state index in [1.807, 2.05) is 6.20 Å². The summed E-state index contributed by atoms with van der Waals surface area (Å²) in [5.41, 5.74) is 7.58. The van der Waals surface area contributed by atoms with E-state index in [-0.39, 0.29) is 6.17 Å². The van der Waals surface area contributed by atoms with Gasteiger partial charge in [0.1, 0.15) is 5.82 Å². The van der Waals surface area contributed by atoms with E-state index in [0.29, 0.717) is 6.04 Å². The number of imidazole rings is 1. The molecule has 1 aromatic rings. The fraction of sp³-hybridized carbons (Fsp3) is 0.786. The zero-order chi connectivity index (χ0) is 12.5. The number of aryl methyl sites for hydroxylation is 1. The van der Waals surface area contributed by atoms with E-state index < -0.39 is 0 Å². The average Bonchev–Trinajstić information content (AvgIpc) is 2.97. The molecule has 1 fully saturated rings. The Balaban J connectivity index is 1.79. The van der Waals surface area contributed by atoms with Crippen LogP contribution in [0.1, 0.15) is 50.3 Å². The summed E-state index contributed by atoms with van der Waals surface area (Å²) < 4.78 is 2.30. The van der Waals surface area contributed by atoms with E-state index in [0.717, 1.165) is 25.8 Å². The van der Waals surface area contributed by atoms with Crippen molar-refractivity contribution >= 4 is 0 Å². The maximum Gasteiger partial charge on any atom is 0.111 e. The smallest absolute Gasteiger partial charge is 0.111 e. The Labute approximate surface area is 109 Å². The maximum absolute atomic E-state index is 6.24. The second-order valence-electron chi connectivity index (χ2n) is 5.62. The molecule has 2 aliphatic heterocycles. The van der Waals surface area contributed by atoms with Crippen molar-refractivity contribution in [2.75, 3.05) is 13.1 Å². The Morgan fingerprint density at radius 1 is 1.39 bits per heavy atom. The van der Waals surface area contributed by atoms with Gasteiger partial charge in [0.25, 0.3) is 0 Å². The van der Waals surface area contributed by atoms with Gasteiger partial charge in [0, 0.05) is 24.4 Å². The number of likely N-dealkylation sites (N-methyl/N-ethyl adjacent to an activating group) is 1. The Morgan fingerprint density at radius 2 is 2.28 bits per heavy atom. The molecule has 4 heteroatoms. The highest BCUT2D eigenvalue weighted by Gasteiger charge is 2.27. The first-order valence-corrected chi connectivity index (χ1v) is 7.34. The molecule has 0 radical (unpaired) electrons. The molecule has 0 amide bonds. The number of nitrogens with two attached hydrogens (primary N) is 1. The summed E-state index contributed by atoms with van der Waals surface area (Å²) in [6.45, 7) is 4.66. The minimum absolute atomic E-state index is 0.155. The first-order chi connectivity index (χ1) is 8.79. The summed E-state index contributed by atoms with van der Waals surface area (Å²) in [4.78, 5) is 7.22. The first-order valence-electron chi connectivity index (χ1n) is 7.34. The monoisotopic (exact) mass is 248 g/mol. The zero-order valence-electron chi connectivity index (χ0n) is 11.3. The molecule has 1 aromatic heterocycles. The summed E-state index contributed by atoms with van der Waals surface area (Å²) in [6, 6.07) is 0.677. The SMILES string of the molecule is CCN1CCCC1Cc1ncc2n1C(N)CCC2. The molecule has 1 saturated heterocycles. The molecule has 18 heavy (non-hydrogen) atoms. The fourth-order valence-electron chi connectivity index (χ4n) is 3.55. The molecular formula is C14H24N4. The van der Waals surface area contributed by atoms with Crippen molar-refractivity contribution in [3.8, 4) is 0 Å². The molecule has 2 N–H and O–H groups in total. The minimum atomic E-state index is 0.155. The molecule has 3 heterocycles. The van der Waals surface area contributed by atoms with Crippen molar-refractivity contribution in [1.29, 1.82) is 0 Å². The first kappa shape index (κ1) is 12.2. The highest BCUT2D eigenvalue weighted by molar-refractivity contribution is 5.11. The van der Waals surface area contributed by atoms with Crippen molar-refractivity contribution in [3.05, 3.63) is 17.7 Å². The van der Waals surface area contributed by atoms with Gasteiger partial charge in [0.05, 0.1) is 6.17 Å². The predicted octanol–water partition coefficient (Wildman–Crippen LogP) is 1.70. The van der Waals surface area contributed by atoms with Crippen LogP contribution in [0, 0.1) is 0 Å². The molecule has 2 unspecified atom stereocenters. The molecule has 0 saturated carbocycles. The highest BCUT2D eigenvalue weighted by atomic mass is 15.2. The van der Waals surface area contributed by atoms with E-state index in [2.05, 4.69) is 21.4 Å². The number of nitrogens with zero attached hydrogens (tertiary/aromatic N) is 3. The van der Waals surface area contributed by atoms with Crippen molar-refractivity contribution in [3.63, 3.8) is 0 Å². The topological polar surface area (TPSA) is 47.1 Å². The van der Waals surface area contributed by atoms with Gasteiger partial charge in [0.2, 0.25) is 0 Å². The van der Waals surface area contributed by atoms with Crippen LogP contribution in [0.2, 0.25) is 0 Å². The van der Waals surface area contributed by atoms with Gasteiger partial charge in [0.15, 0.2) is 0 Å². The van der Waals surface area contributed by atoms with Crippen molar-refractivity contribution in [1.82, 2.24) is 14.5 Å². The number of fused-ring (bicyclic) bond motifs is 1. The Kier molecular flexibility index (Phi) is 3.39. The second kappa shape index (κ2) is 5.02. The lowest BCUT2D eigenvalue weighted by Crippen LogP contribution is -2.33. The van der Waals surface area contributed by atoms with Crippen LogP contribution in [0.25, 0.3) is 0 Å². The summed E-state index contributed by atoms with van der Waals surface area (Å²) >= 11 is 0. The zero-order valence-corrected chi connectivity index (χ0v) is 11.3. The van der Waals surface area contributed by atoms with Crippen LogP contribution in [0.3, 0.4) is 0 Å². The third kappa shape index (κ3) is 2.08. The molecule has 2 atom stereocenters. The molecule has 0 spiro atoms. The van der Waals surface area contributed by atoms with E-state index in [9.17, 15) is 0 Å². The number of hydrogen-bond donors (Lipinski definition) is 1. The van der Waals surface area contributed by atoms with E-state index in [1.165, 1.54) is 37.3 Å². The molecule has 0 bridgehead atoms. The Morgan fingerprint density at radius 3 is 3.11 bits per heavy atom. The molecule has 4 nitrogen and oxygen atoms in total. The van der Waals surface area contributed by atoms with Crippen LogP contribution in [0.4, 0.5) is 0 Å². The van der Waals surface area contributed by atoms with Crippen molar-refractivity contribution in [2.45, 2.75) is 57.7 Å². The van der Waals surface area contributed by atoms with Crippen LogP contribution in [0.15, 0.2) is 6.20 Å². The lowest BCUT2D eigenvalue weighted by Gasteiger charge is -2.27. The number of hydrogen-bond acceptors (Lipinski definition) is 3. The van der Waals surface area contributed by atoms with Crippen LogP contribution in [0.5, 0.6) is 0 Å². The van der Waals surface area contributed by atoms with Crippen LogP contribution < -0.4 is 5.73 Å². The Hall–Kier alpha value is -0.870. The summed E-state index contributed by atoms with van der Waals surface area (Å²) in [6.07, 6.45) is 9.35. The highest BCUT2D eigenvalue weighted by Crippen LogP contribution is 2.26. The molecule has 0 aliphatic carbocycles. The maximum atomic E-state index is 6.24. The standard InChI is InChI=1S/C14H24N4/c1-2-17-8-4-6-11(17)9-14-16-10-12-5-3-7-13(15)18(12)14/h10-11,13H,2-9,15H2,1H3. The van der Waals surface area contributed by atoms with Crippen molar-refractivity contribution in [2.24, 2.45) is 5.73 Å². The second-order valence-corrected chi connectivity index (χ2v) is 5.62. The third-order valence-electron chi connectivity index (χ3n) is 4.54. The lowest BCUT2D eigenvalue weighted by molar-refractivity contribution is 0.258. The van der Waals surface area contributed by atoms with Gasteiger partial charge in [-0.1, -0.05) is 6.92 Å². The number of likely N-dealkylation sites (tertiary alicyclic amines) is 1. The normalized spacial score (nSPS) is 28.6. The van der Waals surface area contributed by atoms with Crippen LogP contribution >= 0.6 is 0 Å². The minimum Gasteiger partial charge on any atom is -0.316 e. The third-order valence-corrected chi connectivity index (χ3v) is 4.54. The van der Waals surface area contributed by atoms with Gasteiger partial charge >= 0.3 is 0 Å². The molecule has 0 aromatic carbocycles. The van der Waals surface area contributed by atoms with Gasteiger partial charge in [-0.25, -0.2) is 4.98 Å². The average molecular weight is 248 g/mol. The van der Waals surface area contributed by atoms with Crippen molar-refractivity contribution < 1.29 is 0 Å². The molecule has 3 rings (SSSR count). The van der Waals surface area contributed by atoms with Crippen LogP contribution in [-0.4, -0.2) is 33.6 Å². The summed E-state index contributed by atoms with van der Waals surface area (Å²) in [5, 5.41) is 0. The molecule has 2 aliphatic rings. The largest absolute Gasteiger partial charge is 0.316 e. The van der Waals surface area contributed by atoms with Gasteiger partial charge in [-0.05, 0) is 45.2 Å². The van der Waals surface area contributed by atoms with Crippen LogP contribution in [-0.2, 0) is 12.8 Å². The quantitative estimate of drug-likeness (QED) is 0.885. The van der Waals surface area contributed by atoms with Gasteiger partial charge in [-0.15, -0.1) is 0 Å². The summed E-state index contributed by atoms with van der Waals surface area (Å²) in [7, 11) is 0. The Bertz CT molecular complexity index is 412. The van der Waals surface area contributed by atoms with Gasteiger partial charge in [-0.2, -0.15) is 0 Å². The number of rotatable bonds is 3. The predicted molar refractivity (Wildman–Crippen MR) is 72.4 cm³/mol. The molecule has 100 valence electrons. The lowest BCUT2D eigenvalue weighted by atomic mass is 10.1. The van der Waals surface area contributed by atoms with E-state index in [1.54, 1.807) is 0 Å². The fourth-order valence-corrected chi connectivity index (χ4v) is 3.55. The number of aromatic nitrogens is 2. The molecular weight excluding hydrogens is 224 g/mol. The van der Waals surface area contributed by atoms with Gasteiger partial charge in [-0.3, -0.25) is 0 Å². The van der Waals surface area contributed by atoms with E-state index in [4.69, 9.17) is 5.73 Å². The van der Waals surface area contributed by atoms with Gasteiger partial charge < -0.3 is 15.2 Å². The van der Waals surface area contributed by atoms with E-state index >= 15 is 0 Å².